The van der Waals surface area contributed by atoms with E-state index in [1.54, 1.807) is 12.1 Å². The third-order valence-corrected chi connectivity index (χ3v) is 6.84. The van der Waals surface area contributed by atoms with Crippen molar-refractivity contribution in [2.45, 2.75) is 19.1 Å². The number of nitrogens with zero attached hydrogens (tertiary/aromatic N) is 7. The summed E-state index contributed by atoms with van der Waals surface area (Å²) in [5, 5.41) is 17.4. The highest BCUT2D eigenvalue weighted by Crippen LogP contribution is 2.18. The minimum absolute atomic E-state index is 0.0372. The van der Waals surface area contributed by atoms with Gasteiger partial charge in [0, 0.05) is 39.4 Å². The fourth-order valence-corrected chi connectivity index (χ4v) is 4.43. The Labute approximate surface area is 246 Å². The Balaban J connectivity index is 1.49. The van der Waals surface area contributed by atoms with Gasteiger partial charge in [-0.1, -0.05) is 30.3 Å². The Hall–Kier alpha value is -5.05. The number of anilines is 3. The number of aryl methyl sites for hydroxylation is 2. The zero-order chi connectivity index (χ0) is 31.1. The zero-order valence-corrected chi connectivity index (χ0v) is 24.5. The van der Waals surface area contributed by atoms with Crippen LogP contribution in [0.2, 0.25) is 0 Å². The van der Waals surface area contributed by atoms with Gasteiger partial charge >= 0.3 is 11.4 Å². The van der Waals surface area contributed by atoms with Crippen molar-refractivity contribution in [2.75, 3.05) is 49.7 Å². The van der Waals surface area contributed by atoms with Crippen LogP contribution in [0.4, 0.5) is 21.7 Å². The number of nitrogens with one attached hydrogen (secondary N) is 3. The molecule has 1 atom stereocenters. The second-order valence-corrected chi connectivity index (χ2v) is 10.1. The number of aromatic nitrogens is 6. The molecule has 14 nitrogen and oxygen atoms in total. The first-order valence-corrected chi connectivity index (χ1v) is 13.6. The lowest BCUT2D eigenvalue weighted by atomic mass is 10.1. The molecule has 0 spiro atoms. The first-order valence-electron chi connectivity index (χ1n) is 13.6. The Morgan fingerprint density at radius 3 is 2.12 bits per heavy atom. The van der Waals surface area contributed by atoms with E-state index >= 15 is 0 Å². The molecule has 0 bridgehead atoms. The van der Waals surface area contributed by atoms with Gasteiger partial charge in [-0.05, 0) is 43.9 Å². The largest absolute Gasteiger partial charge is 0.383 e. The maximum atomic E-state index is 13.4. The molecule has 0 saturated heterocycles. The minimum Gasteiger partial charge on any atom is -0.383 e. The molecular formula is C28H35FN10O4. The average Bonchev–Trinajstić information content (AvgIpc) is 2.99. The summed E-state index contributed by atoms with van der Waals surface area (Å²) >= 11 is 0. The fourth-order valence-electron chi connectivity index (χ4n) is 4.43. The van der Waals surface area contributed by atoms with Crippen molar-refractivity contribution < 1.29 is 4.39 Å². The van der Waals surface area contributed by atoms with Crippen molar-refractivity contribution in [1.29, 1.82) is 0 Å². The van der Waals surface area contributed by atoms with E-state index in [1.807, 2.05) is 49.3 Å². The van der Waals surface area contributed by atoms with Crippen LogP contribution in [-0.4, -0.2) is 67.3 Å². The van der Waals surface area contributed by atoms with Gasteiger partial charge in [-0.2, -0.15) is 0 Å². The van der Waals surface area contributed by atoms with Crippen LogP contribution in [0.15, 0.2) is 73.8 Å². The summed E-state index contributed by atoms with van der Waals surface area (Å²) in [4.78, 5) is 53.4. The highest BCUT2D eigenvalue weighted by molar-refractivity contribution is 5.42. The molecule has 3 N–H and O–H groups in total. The zero-order valence-electron chi connectivity index (χ0n) is 24.5. The first-order chi connectivity index (χ1) is 20.6. The Morgan fingerprint density at radius 1 is 0.791 bits per heavy atom. The van der Waals surface area contributed by atoms with Crippen molar-refractivity contribution in [3.63, 3.8) is 0 Å². The van der Waals surface area contributed by atoms with E-state index in [4.69, 9.17) is 0 Å². The van der Waals surface area contributed by atoms with Gasteiger partial charge in [-0.25, -0.2) is 23.3 Å². The molecule has 0 fully saturated rings. The van der Waals surface area contributed by atoms with E-state index in [1.165, 1.54) is 26.2 Å². The van der Waals surface area contributed by atoms with Gasteiger partial charge in [0.05, 0.1) is 19.1 Å². The van der Waals surface area contributed by atoms with Crippen LogP contribution in [0.3, 0.4) is 0 Å². The number of halogens is 1. The number of para-hydroxylation sites is 1. The van der Waals surface area contributed by atoms with E-state index < -0.39 is 22.5 Å². The standard InChI is InChI=1S/C28H35FN10O4/c1-35(2)22(19-10-12-20(29)13-11-19)18-32-24-26(41)38(28(43)37(4)33-24)16-17-39-27(42)36(3)25(40)23(34-39)31-15-14-30-21-8-6-5-7-9-21/h5-13,22,30H,14-18H2,1-4H3,(H,31,34)(H,32,33). The molecule has 0 amide bonds. The number of likely N-dealkylation sites (N-methyl/N-ethyl adjacent to an activating group) is 1. The molecule has 0 aliphatic rings. The number of hydrogen-bond donors (Lipinski definition) is 3. The van der Waals surface area contributed by atoms with Crippen molar-refractivity contribution in [1.82, 2.24) is 33.6 Å². The summed E-state index contributed by atoms with van der Waals surface area (Å²) in [6, 6.07) is 15.4. The minimum atomic E-state index is -0.691. The summed E-state index contributed by atoms with van der Waals surface area (Å²) in [6.45, 7) is 0.730. The van der Waals surface area contributed by atoms with Gasteiger partial charge in [0.1, 0.15) is 5.82 Å². The van der Waals surface area contributed by atoms with Crippen LogP contribution in [0.25, 0.3) is 0 Å². The summed E-state index contributed by atoms with van der Waals surface area (Å²) in [6.07, 6.45) is 0. The molecule has 2 aromatic heterocycles. The van der Waals surface area contributed by atoms with Crippen LogP contribution >= 0.6 is 0 Å². The Morgan fingerprint density at radius 2 is 1.44 bits per heavy atom. The maximum absolute atomic E-state index is 13.4. The lowest BCUT2D eigenvalue weighted by molar-refractivity contribution is 0.311. The van der Waals surface area contributed by atoms with Crippen LogP contribution < -0.4 is 38.4 Å². The van der Waals surface area contributed by atoms with Crippen molar-refractivity contribution in [3.05, 3.63) is 108 Å². The van der Waals surface area contributed by atoms with Gasteiger partial charge in [0.25, 0.3) is 11.1 Å². The molecule has 43 heavy (non-hydrogen) atoms. The van der Waals surface area contributed by atoms with Crippen LogP contribution in [0, 0.1) is 5.82 Å². The number of rotatable bonds is 13. The van der Waals surface area contributed by atoms with Gasteiger partial charge in [-0.3, -0.25) is 18.7 Å². The summed E-state index contributed by atoms with van der Waals surface area (Å²) in [5.74, 6) is -0.457. The summed E-state index contributed by atoms with van der Waals surface area (Å²) < 4.78 is 17.4. The van der Waals surface area contributed by atoms with Gasteiger partial charge in [-0.15, -0.1) is 10.2 Å². The Bertz CT molecular complexity index is 1780. The third-order valence-electron chi connectivity index (χ3n) is 6.84. The van der Waals surface area contributed by atoms with E-state index in [0.717, 1.165) is 29.7 Å². The van der Waals surface area contributed by atoms with E-state index in [0.29, 0.717) is 13.1 Å². The van der Waals surface area contributed by atoms with E-state index in [2.05, 4.69) is 26.1 Å². The average molecular weight is 595 g/mol. The number of hydrogen-bond acceptors (Lipinski definition) is 10. The summed E-state index contributed by atoms with van der Waals surface area (Å²) in [5.41, 5.74) is -0.903. The molecule has 0 radical (unpaired) electrons. The molecule has 2 aromatic carbocycles. The van der Waals surface area contributed by atoms with E-state index in [9.17, 15) is 23.6 Å². The second-order valence-electron chi connectivity index (χ2n) is 10.1. The topological polar surface area (TPSA) is 153 Å². The fraction of sp³-hybridized carbons (Fsp3) is 0.357. The van der Waals surface area contributed by atoms with Crippen molar-refractivity contribution in [3.8, 4) is 0 Å². The molecule has 1 unspecified atom stereocenters. The highest BCUT2D eigenvalue weighted by Gasteiger charge is 2.18. The lowest BCUT2D eigenvalue weighted by Crippen LogP contribution is -2.45. The molecule has 2 heterocycles. The molecule has 4 aromatic rings. The quantitative estimate of drug-likeness (QED) is 0.184. The summed E-state index contributed by atoms with van der Waals surface area (Å²) in [7, 11) is 6.44. The lowest BCUT2D eigenvalue weighted by Gasteiger charge is -2.25. The second kappa shape index (κ2) is 13.7. The smallest absolute Gasteiger partial charge is 0.347 e. The van der Waals surface area contributed by atoms with Crippen molar-refractivity contribution in [2.24, 2.45) is 14.1 Å². The molecule has 0 saturated carbocycles. The normalized spacial score (nSPS) is 11.9. The SMILES string of the molecule is CN(C)C(CNc1nn(C)c(=O)n(CCn2nc(NCCNc3ccccc3)c(=O)n(C)c2=O)c1=O)c1ccc(F)cc1. The first kappa shape index (κ1) is 30.9. The molecule has 4 rings (SSSR count). The highest BCUT2D eigenvalue weighted by atomic mass is 19.1. The van der Waals surface area contributed by atoms with Gasteiger partial charge < -0.3 is 20.9 Å². The monoisotopic (exact) mass is 594 g/mol. The third kappa shape index (κ3) is 7.43. The van der Waals surface area contributed by atoms with Crippen LogP contribution in [-0.2, 0) is 27.2 Å². The molecular weight excluding hydrogens is 559 g/mol. The maximum Gasteiger partial charge on any atom is 0.347 e. The predicted molar refractivity (Wildman–Crippen MR) is 162 cm³/mol. The molecule has 0 aliphatic heterocycles. The van der Waals surface area contributed by atoms with Gasteiger partial charge in [0.2, 0.25) is 11.6 Å². The number of benzene rings is 2. The Kier molecular flexibility index (Phi) is 9.87. The molecule has 0 aliphatic carbocycles. The van der Waals surface area contributed by atoms with Crippen LogP contribution in [0.5, 0.6) is 0 Å². The molecule has 228 valence electrons. The molecule has 15 heteroatoms. The van der Waals surface area contributed by atoms with E-state index in [-0.39, 0.29) is 43.1 Å². The predicted octanol–water partition coefficient (Wildman–Crippen LogP) is 0.276. The van der Waals surface area contributed by atoms with Crippen LogP contribution in [0.1, 0.15) is 11.6 Å². The van der Waals surface area contributed by atoms with Gasteiger partial charge in [0.15, 0.2) is 0 Å². The van der Waals surface area contributed by atoms with Crippen molar-refractivity contribution >= 4 is 17.3 Å².